The van der Waals surface area contributed by atoms with Crippen molar-refractivity contribution in [1.29, 1.82) is 0 Å². The van der Waals surface area contributed by atoms with Gasteiger partial charge in [0.2, 0.25) is 10.0 Å². The molecule has 198 valence electrons. The number of carbonyl (C=O) groups excluding carboxylic acids is 2. The van der Waals surface area contributed by atoms with Crippen LogP contribution in [-0.2, 0) is 10.0 Å². The summed E-state index contributed by atoms with van der Waals surface area (Å²) in [5.74, 6) is -1.50. The van der Waals surface area contributed by atoms with Gasteiger partial charge in [0.15, 0.2) is 11.6 Å². The first kappa shape index (κ1) is 27.9. The summed E-state index contributed by atoms with van der Waals surface area (Å²) in [6.45, 7) is 7.83. The predicted octanol–water partition coefficient (Wildman–Crippen LogP) is 6.65. The monoisotopic (exact) mass is 537 g/mol. The first-order valence-corrected chi connectivity index (χ1v) is 14.2. The van der Waals surface area contributed by atoms with Gasteiger partial charge in [-0.1, -0.05) is 115 Å². The van der Waals surface area contributed by atoms with E-state index in [0.717, 1.165) is 11.1 Å². The van der Waals surface area contributed by atoms with Crippen LogP contribution in [0, 0.1) is 19.8 Å². The topological polar surface area (TPSA) is 80.3 Å². The zero-order valence-corrected chi connectivity index (χ0v) is 22.8. The third-order valence-corrected chi connectivity index (χ3v) is 8.13. The molecule has 0 aromatic heterocycles. The van der Waals surface area contributed by atoms with Gasteiger partial charge in [0.25, 0.3) is 0 Å². The first-order chi connectivity index (χ1) is 18.7. The van der Waals surface area contributed by atoms with Crippen molar-refractivity contribution in [1.82, 2.24) is 4.72 Å². The summed E-state index contributed by atoms with van der Waals surface area (Å²) in [5.41, 5.74) is 3.65. The number of hydrogen-bond donors (Lipinski definition) is 1. The fourth-order valence-electron chi connectivity index (χ4n) is 4.44. The molecule has 0 saturated heterocycles. The van der Waals surface area contributed by atoms with Crippen LogP contribution >= 0.6 is 0 Å². The van der Waals surface area contributed by atoms with E-state index in [0.29, 0.717) is 16.7 Å². The molecule has 0 aliphatic heterocycles. The Morgan fingerprint density at radius 2 is 1.21 bits per heavy atom. The number of aryl methyl sites for hydroxylation is 2. The Hall–Kier alpha value is -4.13. The number of allylic oxidation sites excluding steroid dienone is 1. The maximum atomic E-state index is 14.0. The highest BCUT2D eigenvalue weighted by Gasteiger charge is 2.35. The zero-order chi connectivity index (χ0) is 28.0. The molecule has 0 spiro atoms. The molecule has 0 radical (unpaired) electrons. The van der Waals surface area contributed by atoms with Crippen molar-refractivity contribution in [2.45, 2.75) is 31.2 Å². The molecule has 2 atom stereocenters. The van der Waals surface area contributed by atoms with Crippen molar-refractivity contribution >= 4 is 21.6 Å². The summed E-state index contributed by atoms with van der Waals surface area (Å²) in [7, 11) is -4.02. The third kappa shape index (κ3) is 6.85. The van der Waals surface area contributed by atoms with E-state index in [9.17, 15) is 18.0 Å². The van der Waals surface area contributed by atoms with E-state index >= 15 is 0 Å². The molecule has 0 bridgehead atoms. The van der Waals surface area contributed by atoms with E-state index in [2.05, 4.69) is 11.3 Å². The van der Waals surface area contributed by atoms with Gasteiger partial charge in [0.05, 0.1) is 10.9 Å². The number of carbonyl (C=O) groups is 2. The van der Waals surface area contributed by atoms with Crippen LogP contribution in [0.2, 0.25) is 0 Å². The minimum absolute atomic E-state index is 0.0313. The molecular weight excluding hydrogens is 506 g/mol. The molecule has 1 N–H and O–H groups in total. The number of Topliss-reactive ketones (excluding diaryl/α,β-unsaturated/α-hetero) is 2. The summed E-state index contributed by atoms with van der Waals surface area (Å²) in [6, 6.07) is 30.4. The second kappa shape index (κ2) is 12.2. The number of rotatable bonds is 11. The van der Waals surface area contributed by atoms with Crippen molar-refractivity contribution in [2.75, 3.05) is 0 Å². The van der Waals surface area contributed by atoms with Crippen LogP contribution in [0.1, 0.15) is 49.9 Å². The summed E-state index contributed by atoms with van der Waals surface area (Å²) < 4.78 is 30.0. The quantitative estimate of drug-likeness (QED) is 0.172. The molecular formula is C33H31NO4S. The Balaban J connectivity index is 1.79. The lowest BCUT2D eigenvalue weighted by atomic mass is 9.81. The fraction of sp³-hybridized carbons (Fsp3) is 0.152. The van der Waals surface area contributed by atoms with E-state index < -0.39 is 22.0 Å². The Morgan fingerprint density at radius 3 is 1.74 bits per heavy atom. The predicted molar refractivity (Wildman–Crippen MR) is 154 cm³/mol. The van der Waals surface area contributed by atoms with Gasteiger partial charge in [0.1, 0.15) is 0 Å². The van der Waals surface area contributed by atoms with Crippen LogP contribution in [0.4, 0.5) is 0 Å². The second-order valence-electron chi connectivity index (χ2n) is 9.66. The van der Waals surface area contributed by atoms with Crippen molar-refractivity contribution in [3.05, 3.63) is 149 Å². The van der Waals surface area contributed by atoms with Crippen LogP contribution in [0.3, 0.4) is 0 Å². The average molecular weight is 538 g/mol. The molecule has 4 aromatic rings. The first-order valence-electron chi connectivity index (χ1n) is 12.7. The number of hydrogen-bond acceptors (Lipinski definition) is 4. The molecule has 6 heteroatoms. The van der Waals surface area contributed by atoms with Crippen LogP contribution < -0.4 is 4.72 Å². The highest BCUT2D eigenvalue weighted by Crippen LogP contribution is 2.33. The number of ketones is 2. The molecule has 4 aromatic carbocycles. The largest absolute Gasteiger partial charge is 0.294 e. The van der Waals surface area contributed by atoms with Gasteiger partial charge in [-0.3, -0.25) is 9.59 Å². The molecule has 4 rings (SSSR count). The third-order valence-electron chi connectivity index (χ3n) is 6.67. The Kier molecular flexibility index (Phi) is 8.69. The summed E-state index contributed by atoms with van der Waals surface area (Å²) >= 11 is 0. The molecule has 0 heterocycles. The van der Waals surface area contributed by atoms with Gasteiger partial charge in [-0.05, 0) is 43.5 Å². The molecule has 0 unspecified atom stereocenters. The van der Waals surface area contributed by atoms with Crippen molar-refractivity contribution in [2.24, 2.45) is 5.92 Å². The number of sulfonamides is 1. The van der Waals surface area contributed by atoms with Gasteiger partial charge in [0, 0.05) is 17.0 Å². The smallest absolute Gasteiger partial charge is 0.241 e. The SMILES string of the molecule is C=C(C[C@H](C(=O)c1ccccc1)[C@H](NS(=O)(=O)c1ccc(C)cc1)c1ccc(C)cc1)C(=O)c1ccccc1. The van der Waals surface area contributed by atoms with E-state index in [1.54, 1.807) is 66.7 Å². The van der Waals surface area contributed by atoms with Gasteiger partial charge in [-0.2, -0.15) is 0 Å². The van der Waals surface area contributed by atoms with E-state index in [1.165, 1.54) is 12.1 Å². The van der Waals surface area contributed by atoms with E-state index in [-0.39, 0.29) is 28.5 Å². The Labute approximate surface area is 230 Å². The Bertz CT molecular complexity index is 1560. The van der Waals surface area contributed by atoms with E-state index in [4.69, 9.17) is 0 Å². The van der Waals surface area contributed by atoms with Gasteiger partial charge >= 0.3 is 0 Å². The van der Waals surface area contributed by atoms with Crippen LogP contribution in [0.15, 0.2) is 126 Å². The summed E-state index contributed by atoms with van der Waals surface area (Å²) in [6.07, 6.45) is -0.0313. The zero-order valence-electron chi connectivity index (χ0n) is 22.0. The molecule has 0 amide bonds. The van der Waals surface area contributed by atoms with Crippen molar-refractivity contribution < 1.29 is 18.0 Å². The summed E-state index contributed by atoms with van der Waals surface area (Å²) in [5, 5.41) is 0. The maximum absolute atomic E-state index is 14.0. The van der Waals surface area contributed by atoms with Gasteiger partial charge in [-0.15, -0.1) is 0 Å². The van der Waals surface area contributed by atoms with Gasteiger partial charge < -0.3 is 0 Å². The van der Waals surface area contributed by atoms with Crippen LogP contribution in [0.25, 0.3) is 0 Å². The van der Waals surface area contributed by atoms with Crippen molar-refractivity contribution in [3.8, 4) is 0 Å². The molecule has 0 saturated carbocycles. The van der Waals surface area contributed by atoms with Crippen molar-refractivity contribution in [3.63, 3.8) is 0 Å². The standard InChI is InChI=1S/C33H31NO4S/c1-23-14-18-26(19-15-23)31(34-39(37,38)29-20-16-24(2)17-21-29)30(33(36)28-12-8-5-9-13-28)22-25(3)32(35)27-10-6-4-7-11-27/h4-21,30-31,34H,3,22H2,1-2H3/t30-,31+/m0/s1. The lowest BCUT2D eigenvalue weighted by Crippen LogP contribution is -2.37. The Morgan fingerprint density at radius 1 is 0.718 bits per heavy atom. The number of nitrogens with one attached hydrogen (secondary N) is 1. The van der Waals surface area contributed by atoms with E-state index in [1.807, 2.05) is 44.2 Å². The molecule has 0 fully saturated rings. The highest BCUT2D eigenvalue weighted by atomic mass is 32.2. The minimum atomic E-state index is -4.02. The summed E-state index contributed by atoms with van der Waals surface area (Å²) in [4.78, 5) is 27.3. The second-order valence-corrected chi connectivity index (χ2v) is 11.4. The minimum Gasteiger partial charge on any atom is -0.294 e. The van der Waals surface area contributed by atoms with Crippen LogP contribution in [-0.4, -0.2) is 20.0 Å². The highest BCUT2D eigenvalue weighted by molar-refractivity contribution is 7.89. The molecule has 5 nitrogen and oxygen atoms in total. The molecule has 39 heavy (non-hydrogen) atoms. The fourth-order valence-corrected chi connectivity index (χ4v) is 5.70. The maximum Gasteiger partial charge on any atom is 0.241 e. The lowest BCUT2D eigenvalue weighted by Gasteiger charge is -2.28. The average Bonchev–Trinajstić information content (AvgIpc) is 2.95. The number of benzene rings is 4. The van der Waals surface area contributed by atoms with Crippen LogP contribution in [0.5, 0.6) is 0 Å². The normalized spacial score (nSPS) is 12.9. The van der Waals surface area contributed by atoms with Gasteiger partial charge in [-0.25, -0.2) is 13.1 Å². The lowest BCUT2D eigenvalue weighted by molar-refractivity contribution is 0.0891. The molecule has 0 aliphatic carbocycles. The molecule has 0 aliphatic rings.